The van der Waals surface area contributed by atoms with Crippen LogP contribution in [0.4, 0.5) is 0 Å². The van der Waals surface area contributed by atoms with Crippen LogP contribution in [0, 0.1) is 13.8 Å². The van der Waals surface area contributed by atoms with E-state index in [0.717, 1.165) is 27.7 Å². The predicted octanol–water partition coefficient (Wildman–Crippen LogP) is 3.81. The Morgan fingerprint density at radius 1 is 1.32 bits per heavy atom. The van der Waals surface area contributed by atoms with Gasteiger partial charge in [0.25, 0.3) is 0 Å². The fourth-order valence-corrected chi connectivity index (χ4v) is 2.89. The third-order valence-electron chi connectivity index (χ3n) is 3.99. The maximum Gasteiger partial charge on any atom is 0.313 e. The van der Waals surface area contributed by atoms with Gasteiger partial charge in [0.05, 0.1) is 10.9 Å². The number of aryl methyl sites for hydroxylation is 2. The molecule has 102 valence electrons. The summed E-state index contributed by atoms with van der Waals surface area (Å²) in [5.41, 5.74) is 2.89. The summed E-state index contributed by atoms with van der Waals surface area (Å²) >= 11 is 6.17. The van der Waals surface area contributed by atoms with E-state index in [1.54, 1.807) is 13.8 Å². The molecule has 0 spiro atoms. The van der Waals surface area contributed by atoms with Gasteiger partial charge in [0.1, 0.15) is 0 Å². The van der Waals surface area contributed by atoms with Crippen molar-refractivity contribution in [3.8, 4) is 0 Å². The monoisotopic (exact) mass is 279 g/mol. The van der Waals surface area contributed by atoms with Crippen molar-refractivity contribution in [2.45, 2.75) is 33.1 Å². The van der Waals surface area contributed by atoms with Crippen LogP contribution in [0.3, 0.4) is 0 Å². The molecule has 0 atom stereocenters. The molecule has 2 aromatic rings. The van der Waals surface area contributed by atoms with Gasteiger partial charge in [-0.05, 0) is 44.9 Å². The molecule has 0 amide bonds. The van der Waals surface area contributed by atoms with Crippen molar-refractivity contribution in [1.29, 1.82) is 0 Å². The van der Waals surface area contributed by atoms with Gasteiger partial charge in [0.2, 0.25) is 0 Å². The lowest BCUT2D eigenvalue weighted by Gasteiger charge is -2.20. The molecule has 0 fully saturated rings. The first kappa shape index (κ1) is 13.9. The van der Waals surface area contributed by atoms with Crippen molar-refractivity contribution in [2.24, 2.45) is 7.05 Å². The smallest absolute Gasteiger partial charge is 0.313 e. The fourth-order valence-electron chi connectivity index (χ4n) is 2.74. The van der Waals surface area contributed by atoms with Crippen LogP contribution in [0.15, 0.2) is 12.1 Å². The van der Waals surface area contributed by atoms with Crippen LogP contribution in [-0.4, -0.2) is 15.6 Å². The molecule has 19 heavy (non-hydrogen) atoms. The molecule has 0 saturated carbocycles. The Bertz CT molecular complexity index is 683. The molecule has 1 aromatic carbocycles. The van der Waals surface area contributed by atoms with E-state index in [0.29, 0.717) is 5.02 Å². The van der Waals surface area contributed by atoms with Gasteiger partial charge >= 0.3 is 5.97 Å². The van der Waals surface area contributed by atoms with E-state index in [-0.39, 0.29) is 0 Å². The van der Waals surface area contributed by atoms with Crippen molar-refractivity contribution < 1.29 is 9.90 Å². The summed E-state index contributed by atoms with van der Waals surface area (Å²) < 4.78 is 2.02. The first-order chi connectivity index (χ1) is 8.69. The summed E-state index contributed by atoms with van der Waals surface area (Å²) in [5, 5.41) is 11.1. The molecule has 0 aliphatic carbocycles. The number of carbonyl (C=O) groups is 1. The van der Waals surface area contributed by atoms with Crippen LogP contribution in [0.25, 0.3) is 10.9 Å². The molecule has 0 unspecified atom stereocenters. The average Bonchev–Trinajstić information content (AvgIpc) is 2.57. The number of hydrogen-bond acceptors (Lipinski definition) is 1. The maximum absolute atomic E-state index is 11.5. The third-order valence-corrected chi connectivity index (χ3v) is 4.40. The van der Waals surface area contributed by atoms with Gasteiger partial charge in [-0.3, -0.25) is 4.79 Å². The minimum atomic E-state index is -0.927. The summed E-state index contributed by atoms with van der Waals surface area (Å²) in [6.07, 6.45) is 0. The number of aliphatic carboxylic acids is 1. The molecule has 1 aromatic heterocycles. The third kappa shape index (κ3) is 1.84. The molecule has 0 bridgehead atoms. The molecule has 0 saturated heterocycles. The van der Waals surface area contributed by atoms with Gasteiger partial charge in [-0.25, -0.2) is 0 Å². The van der Waals surface area contributed by atoms with Gasteiger partial charge in [-0.2, -0.15) is 0 Å². The summed E-state index contributed by atoms with van der Waals surface area (Å²) in [7, 11) is 1.95. The van der Waals surface area contributed by atoms with E-state index < -0.39 is 11.4 Å². The zero-order valence-electron chi connectivity index (χ0n) is 11.8. The normalized spacial score (nSPS) is 12.1. The average molecular weight is 280 g/mol. The van der Waals surface area contributed by atoms with Crippen molar-refractivity contribution in [3.63, 3.8) is 0 Å². The van der Waals surface area contributed by atoms with Crippen molar-refractivity contribution in [2.75, 3.05) is 0 Å². The van der Waals surface area contributed by atoms with Gasteiger partial charge < -0.3 is 9.67 Å². The van der Waals surface area contributed by atoms with Crippen LogP contribution >= 0.6 is 11.6 Å². The second-order valence-electron chi connectivity index (χ2n) is 5.52. The maximum atomic E-state index is 11.5. The Morgan fingerprint density at radius 3 is 2.42 bits per heavy atom. The minimum Gasteiger partial charge on any atom is -0.481 e. The largest absolute Gasteiger partial charge is 0.481 e. The highest BCUT2D eigenvalue weighted by Gasteiger charge is 2.35. The summed E-state index contributed by atoms with van der Waals surface area (Å²) in [4.78, 5) is 11.5. The number of carboxylic acid groups (broad SMARTS) is 1. The highest BCUT2D eigenvalue weighted by molar-refractivity contribution is 6.32. The highest BCUT2D eigenvalue weighted by atomic mass is 35.5. The van der Waals surface area contributed by atoms with E-state index in [1.807, 2.05) is 37.6 Å². The van der Waals surface area contributed by atoms with Crippen LogP contribution in [-0.2, 0) is 17.3 Å². The number of rotatable bonds is 2. The van der Waals surface area contributed by atoms with E-state index in [1.165, 1.54) is 0 Å². The van der Waals surface area contributed by atoms with E-state index in [4.69, 9.17) is 11.6 Å². The molecule has 1 N–H and O–H groups in total. The minimum absolute atomic E-state index is 0.702. The van der Waals surface area contributed by atoms with E-state index in [9.17, 15) is 9.90 Å². The Hall–Kier alpha value is -1.48. The lowest BCUT2D eigenvalue weighted by Crippen LogP contribution is -2.29. The number of halogens is 1. The van der Waals surface area contributed by atoms with Crippen LogP contribution in [0.5, 0.6) is 0 Å². The van der Waals surface area contributed by atoms with Gasteiger partial charge in [0.15, 0.2) is 0 Å². The fraction of sp³-hybridized carbons (Fsp3) is 0.400. The lowest BCUT2D eigenvalue weighted by atomic mass is 9.82. The molecular formula is C15H18ClNO2. The van der Waals surface area contributed by atoms with Crippen molar-refractivity contribution >= 4 is 28.5 Å². The molecule has 4 heteroatoms. The molecule has 0 aliphatic heterocycles. The standard InChI is InChI=1S/C15H18ClNO2/c1-8-11(16)7-6-10-12(15(3,4)14(18)19)9(2)17(5)13(8)10/h6-7H,1-5H3,(H,18,19). The van der Waals surface area contributed by atoms with Gasteiger partial charge in [0, 0.05) is 23.2 Å². The Kier molecular flexibility index (Phi) is 3.13. The number of nitrogens with zero attached hydrogens (tertiary/aromatic N) is 1. The highest BCUT2D eigenvalue weighted by Crippen LogP contribution is 2.38. The lowest BCUT2D eigenvalue weighted by molar-refractivity contribution is -0.142. The molecular weight excluding hydrogens is 262 g/mol. The first-order valence-corrected chi connectivity index (χ1v) is 6.55. The SMILES string of the molecule is Cc1c(Cl)ccc2c(C(C)(C)C(=O)O)c(C)n(C)c12. The van der Waals surface area contributed by atoms with Crippen molar-refractivity contribution in [1.82, 2.24) is 4.57 Å². The second kappa shape index (κ2) is 4.27. The van der Waals surface area contributed by atoms with Crippen molar-refractivity contribution in [3.05, 3.63) is 34.0 Å². The summed E-state index contributed by atoms with van der Waals surface area (Å²) in [6, 6.07) is 3.75. The molecule has 0 aliphatic rings. The zero-order valence-corrected chi connectivity index (χ0v) is 12.6. The van der Waals surface area contributed by atoms with Crippen LogP contribution in [0.2, 0.25) is 5.02 Å². The summed E-state index contributed by atoms with van der Waals surface area (Å²) in [5.74, 6) is -0.823. The number of fused-ring (bicyclic) bond motifs is 1. The predicted molar refractivity (Wildman–Crippen MR) is 78.1 cm³/mol. The second-order valence-corrected chi connectivity index (χ2v) is 5.93. The van der Waals surface area contributed by atoms with E-state index in [2.05, 4.69) is 0 Å². The quantitative estimate of drug-likeness (QED) is 0.908. The number of aromatic nitrogens is 1. The molecule has 1 heterocycles. The molecule has 2 rings (SSSR count). The summed E-state index contributed by atoms with van der Waals surface area (Å²) in [6.45, 7) is 7.39. The van der Waals surface area contributed by atoms with Gasteiger partial charge in [-0.1, -0.05) is 17.7 Å². The van der Waals surface area contributed by atoms with Gasteiger partial charge in [-0.15, -0.1) is 0 Å². The number of benzene rings is 1. The zero-order chi connectivity index (χ0) is 14.5. The number of carboxylic acids is 1. The van der Waals surface area contributed by atoms with Crippen LogP contribution < -0.4 is 0 Å². The topological polar surface area (TPSA) is 42.2 Å². The molecule has 0 radical (unpaired) electrons. The Labute approximate surface area is 117 Å². The van der Waals surface area contributed by atoms with E-state index >= 15 is 0 Å². The molecule has 3 nitrogen and oxygen atoms in total. The van der Waals surface area contributed by atoms with Crippen LogP contribution in [0.1, 0.15) is 30.7 Å². The first-order valence-electron chi connectivity index (χ1n) is 6.17. The Balaban J connectivity index is 2.96. The number of hydrogen-bond donors (Lipinski definition) is 1. The Morgan fingerprint density at radius 2 is 1.89 bits per heavy atom.